The van der Waals surface area contributed by atoms with Gasteiger partial charge in [-0.1, -0.05) is 18.5 Å². The third-order valence-electron chi connectivity index (χ3n) is 2.16. The molecule has 1 unspecified atom stereocenters. The lowest BCUT2D eigenvalue weighted by atomic mass is 10.2. The molecule has 2 aromatic heterocycles. The van der Waals surface area contributed by atoms with Gasteiger partial charge in [-0.25, -0.2) is 0 Å². The van der Waals surface area contributed by atoms with E-state index in [-0.39, 0.29) is 11.3 Å². The van der Waals surface area contributed by atoms with E-state index < -0.39 is 0 Å². The Morgan fingerprint density at radius 1 is 1.50 bits per heavy atom. The molecule has 0 aliphatic rings. The van der Waals surface area contributed by atoms with Crippen molar-refractivity contribution in [2.45, 2.75) is 25.8 Å². The van der Waals surface area contributed by atoms with E-state index in [2.05, 4.69) is 10.1 Å². The van der Waals surface area contributed by atoms with E-state index >= 15 is 0 Å². The number of furan rings is 1. The molecule has 6 heteroatoms. The van der Waals surface area contributed by atoms with Crippen molar-refractivity contribution in [3.63, 3.8) is 0 Å². The molecule has 0 saturated carbocycles. The molecule has 0 radical (unpaired) electrons. The third kappa shape index (κ3) is 2.25. The topological polar surface area (TPSA) is 78.1 Å². The summed E-state index contributed by atoms with van der Waals surface area (Å²) in [6.45, 7) is 2.05. The molecular weight excluding hydrogens is 230 g/mol. The molecule has 2 N–H and O–H groups in total. The molecule has 2 rings (SSSR count). The van der Waals surface area contributed by atoms with E-state index in [1.807, 2.05) is 6.92 Å². The fourth-order valence-electron chi connectivity index (χ4n) is 1.35. The highest BCUT2D eigenvalue weighted by atomic mass is 35.5. The van der Waals surface area contributed by atoms with Crippen LogP contribution in [0.2, 0.25) is 5.22 Å². The first-order valence-corrected chi connectivity index (χ1v) is 5.43. The van der Waals surface area contributed by atoms with Gasteiger partial charge in [-0.3, -0.25) is 0 Å². The lowest BCUT2D eigenvalue weighted by Crippen LogP contribution is -2.11. The molecule has 0 aromatic carbocycles. The normalized spacial score (nSPS) is 12.9. The minimum absolute atomic E-state index is 0.201. The van der Waals surface area contributed by atoms with Crippen LogP contribution in [0.3, 0.4) is 0 Å². The van der Waals surface area contributed by atoms with Gasteiger partial charge in [-0.15, -0.1) is 0 Å². The second-order valence-corrected chi connectivity index (χ2v) is 3.83. The van der Waals surface area contributed by atoms with Crippen LogP contribution >= 0.6 is 11.6 Å². The number of halogens is 1. The van der Waals surface area contributed by atoms with Crippen LogP contribution in [-0.2, 0) is 0 Å². The van der Waals surface area contributed by atoms with Crippen LogP contribution in [0.4, 0.5) is 0 Å². The zero-order chi connectivity index (χ0) is 11.5. The molecule has 0 aliphatic heterocycles. The average molecular weight is 242 g/mol. The number of hydrogen-bond donors (Lipinski definition) is 1. The molecule has 2 aromatic rings. The molecule has 1 atom stereocenters. The van der Waals surface area contributed by atoms with Gasteiger partial charge in [0.25, 0.3) is 5.89 Å². The van der Waals surface area contributed by atoms with Crippen molar-refractivity contribution in [2.75, 3.05) is 0 Å². The van der Waals surface area contributed by atoms with Gasteiger partial charge in [0.05, 0.1) is 6.04 Å². The number of aromatic nitrogens is 2. The van der Waals surface area contributed by atoms with Crippen LogP contribution in [0.1, 0.15) is 31.6 Å². The first kappa shape index (κ1) is 11.2. The summed E-state index contributed by atoms with van der Waals surface area (Å²) >= 11 is 5.65. The Bertz CT molecular complexity index is 466. The largest absolute Gasteiger partial charge is 0.440 e. The summed E-state index contributed by atoms with van der Waals surface area (Å²) < 4.78 is 10.2. The molecular formula is C10H12ClN3O2. The number of nitrogens with two attached hydrogens (primary N) is 1. The number of hydrogen-bond acceptors (Lipinski definition) is 5. The molecule has 0 aliphatic carbocycles. The molecule has 86 valence electrons. The Morgan fingerprint density at radius 3 is 2.94 bits per heavy atom. The highest BCUT2D eigenvalue weighted by molar-refractivity contribution is 6.28. The first-order valence-electron chi connectivity index (χ1n) is 5.05. The Morgan fingerprint density at radius 2 is 2.31 bits per heavy atom. The summed E-state index contributed by atoms with van der Waals surface area (Å²) in [7, 11) is 0. The SMILES string of the molecule is CCCC(N)c1noc(-c2ccc(Cl)o2)n1. The zero-order valence-corrected chi connectivity index (χ0v) is 9.57. The van der Waals surface area contributed by atoms with Gasteiger partial charge >= 0.3 is 0 Å². The average Bonchev–Trinajstić information content (AvgIpc) is 2.85. The van der Waals surface area contributed by atoms with Gasteiger partial charge in [0, 0.05) is 0 Å². The second kappa shape index (κ2) is 4.67. The van der Waals surface area contributed by atoms with Gasteiger partial charge in [0.15, 0.2) is 16.8 Å². The van der Waals surface area contributed by atoms with Gasteiger partial charge in [0.2, 0.25) is 0 Å². The monoisotopic (exact) mass is 241 g/mol. The number of rotatable bonds is 4. The van der Waals surface area contributed by atoms with Crippen molar-refractivity contribution < 1.29 is 8.94 Å². The fraction of sp³-hybridized carbons (Fsp3) is 0.400. The summed E-state index contributed by atoms with van der Waals surface area (Å²) in [6, 6.07) is 3.09. The van der Waals surface area contributed by atoms with Crippen LogP contribution in [0.25, 0.3) is 11.7 Å². The molecule has 5 nitrogen and oxygen atoms in total. The molecule has 16 heavy (non-hydrogen) atoms. The Labute approximate surface area is 97.6 Å². The maximum atomic E-state index is 5.86. The standard InChI is InChI=1S/C10H12ClN3O2/c1-2-3-6(12)9-13-10(16-14-9)7-4-5-8(11)15-7/h4-6H,2-3,12H2,1H3. The van der Waals surface area contributed by atoms with Crippen LogP contribution in [-0.4, -0.2) is 10.1 Å². The van der Waals surface area contributed by atoms with Gasteiger partial charge in [-0.2, -0.15) is 4.98 Å². The van der Waals surface area contributed by atoms with Gasteiger partial charge < -0.3 is 14.7 Å². The predicted octanol–water partition coefficient (Wildman–Crippen LogP) is 2.78. The van der Waals surface area contributed by atoms with Crippen molar-refractivity contribution in [3.05, 3.63) is 23.2 Å². The van der Waals surface area contributed by atoms with Crippen molar-refractivity contribution in [2.24, 2.45) is 5.73 Å². The van der Waals surface area contributed by atoms with E-state index in [1.165, 1.54) is 0 Å². The molecule has 0 fully saturated rings. The Kier molecular flexibility index (Phi) is 3.26. The van der Waals surface area contributed by atoms with E-state index in [0.717, 1.165) is 12.8 Å². The van der Waals surface area contributed by atoms with Crippen molar-refractivity contribution in [1.29, 1.82) is 0 Å². The van der Waals surface area contributed by atoms with Crippen molar-refractivity contribution in [1.82, 2.24) is 10.1 Å². The smallest absolute Gasteiger partial charge is 0.293 e. The fourth-order valence-corrected chi connectivity index (χ4v) is 1.50. The molecule has 0 amide bonds. The van der Waals surface area contributed by atoms with E-state index in [4.69, 9.17) is 26.3 Å². The zero-order valence-electron chi connectivity index (χ0n) is 8.81. The molecule has 0 bridgehead atoms. The maximum absolute atomic E-state index is 5.86. The Hall–Kier alpha value is -1.33. The molecule has 2 heterocycles. The lowest BCUT2D eigenvalue weighted by Gasteiger charge is -2.02. The lowest BCUT2D eigenvalue weighted by molar-refractivity contribution is 0.402. The van der Waals surface area contributed by atoms with Crippen molar-refractivity contribution >= 4 is 11.6 Å². The minimum Gasteiger partial charge on any atom is -0.440 e. The molecule has 0 spiro atoms. The summed E-state index contributed by atoms with van der Waals surface area (Å²) in [5.74, 6) is 1.24. The molecule has 0 saturated heterocycles. The van der Waals surface area contributed by atoms with E-state index in [9.17, 15) is 0 Å². The van der Waals surface area contributed by atoms with Gasteiger partial charge in [-0.05, 0) is 30.2 Å². The summed E-state index contributed by atoms with van der Waals surface area (Å²) in [6.07, 6.45) is 1.79. The summed E-state index contributed by atoms with van der Waals surface area (Å²) in [4.78, 5) is 4.16. The van der Waals surface area contributed by atoms with Gasteiger partial charge in [0.1, 0.15) is 0 Å². The van der Waals surface area contributed by atoms with E-state index in [1.54, 1.807) is 12.1 Å². The van der Waals surface area contributed by atoms with E-state index in [0.29, 0.717) is 17.5 Å². The predicted molar refractivity (Wildman–Crippen MR) is 58.8 cm³/mol. The quantitative estimate of drug-likeness (QED) is 0.891. The van der Waals surface area contributed by atoms with Crippen LogP contribution in [0.5, 0.6) is 0 Å². The maximum Gasteiger partial charge on any atom is 0.293 e. The highest BCUT2D eigenvalue weighted by Gasteiger charge is 2.16. The third-order valence-corrected chi connectivity index (χ3v) is 2.36. The summed E-state index contributed by atoms with van der Waals surface area (Å²) in [5.41, 5.74) is 5.86. The minimum atomic E-state index is -0.201. The van der Waals surface area contributed by atoms with Crippen molar-refractivity contribution in [3.8, 4) is 11.7 Å². The van der Waals surface area contributed by atoms with Crippen LogP contribution in [0.15, 0.2) is 21.1 Å². The Balaban J connectivity index is 2.19. The first-order chi connectivity index (χ1) is 7.70. The number of nitrogens with zero attached hydrogens (tertiary/aromatic N) is 2. The van der Waals surface area contributed by atoms with Crippen LogP contribution < -0.4 is 5.73 Å². The van der Waals surface area contributed by atoms with Crippen LogP contribution in [0, 0.1) is 0 Å². The highest BCUT2D eigenvalue weighted by Crippen LogP contribution is 2.24. The second-order valence-electron chi connectivity index (χ2n) is 3.46. The summed E-state index contributed by atoms with van der Waals surface area (Å²) in [5, 5.41) is 4.09.